The molecular formula is C20H26FN3OS. The minimum atomic E-state index is -0.393. The van der Waals surface area contributed by atoms with Gasteiger partial charge < -0.3 is 10.2 Å². The van der Waals surface area contributed by atoms with Crippen molar-refractivity contribution < 1.29 is 9.18 Å². The fourth-order valence-corrected chi connectivity index (χ4v) is 4.52. The third-order valence-electron chi connectivity index (χ3n) is 5.00. The molecule has 4 nitrogen and oxygen atoms in total. The van der Waals surface area contributed by atoms with Crippen LogP contribution in [0.25, 0.3) is 0 Å². The Hall–Kier alpha value is -1.76. The van der Waals surface area contributed by atoms with Crippen LogP contribution in [0.15, 0.2) is 41.8 Å². The molecule has 1 N–H and O–H groups in total. The second kappa shape index (κ2) is 8.75. The van der Waals surface area contributed by atoms with Gasteiger partial charge in [-0.25, -0.2) is 4.39 Å². The van der Waals surface area contributed by atoms with Crippen molar-refractivity contribution in [1.29, 1.82) is 0 Å². The first-order valence-electron chi connectivity index (χ1n) is 9.14. The molecule has 26 heavy (non-hydrogen) atoms. The smallest absolute Gasteiger partial charge is 0.251 e. The van der Waals surface area contributed by atoms with Crippen molar-refractivity contribution in [2.24, 2.45) is 0 Å². The molecule has 1 aromatic carbocycles. The fourth-order valence-electron chi connectivity index (χ4n) is 3.56. The Morgan fingerprint density at radius 1 is 1.23 bits per heavy atom. The van der Waals surface area contributed by atoms with Gasteiger partial charge in [0.25, 0.3) is 5.91 Å². The van der Waals surface area contributed by atoms with Crippen molar-refractivity contribution in [1.82, 2.24) is 15.1 Å². The van der Waals surface area contributed by atoms with E-state index in [-0.39, 0.29) is 18.0 Å². The predicted octanol–water partition coefficient (Wildman–Crippen LogP) is 3.38. The second-order valence-electron chi connectivity index (χ2n) is 6.70. The first-order chi connectivity index (χ1) is 12.6. The maximum absolute atomic E-state index is 13.4. The molecule has 2 atom stereocenters. The van der Waals surface area contributed by atoms with Crippen LogP contribution >= 0.6 is 11.3 Å². The molecule has 1 aromatic heterocycles. The lowest BCUT2D eigenvalue weighted by atomic mass is 10.0. The average molecular weight is 376 g/mol. The molecule has 6 heteroatoms. The van der Waals surface area contributed by atoms with Gasteiger partial charge in [0.2, 0.25) is 0 Å². The molecule has 0 aliphatic carbocycles. The number of carbonyl (C=O) groups is 1. The average Bonchev–Trinajstić information content (AvgIpc) is 3.16. The van der Waals surface area contributed by atoms with Gasteiger partial charge in [0, 0.05) is 42.7 Å². The number of hydrogen-bond acceptors (Lipinski definition) is 4. The zero-order valence-electron chi connectivity index (χ0n) is 15.3. The molecule has 1 fully saturated rings. The Morgan fingerprint density at radius 2 is 2.00 bits per heavy atom. The van der Waals surface area contributed by atoms with Gasteiger partial charge >= 0.3 is 0 Å². The van der Waals surface area contributed by atoms with Crippen LogP contribution in [0.3, 0.4) is 0 Å². The highest BCUT2D eigenvalue weighted by Gasteiger charge is 2.30. The normalized spacial score (nSPS) is 18.4. The molecule has 0 saturated carbocycles. The van der Waals surface area contributed by atoms with Crippen LogP contribution in [0.1, 0.15) is 35.1 Å². The molecule has 1 saturated heterocycles. The van der Waals surface area contributed by atoms with Crippen molar-refractivity contribution >= 4 is 17.2 Å². The number of nitrogens with one attached hydrogen (secondary N) is 1. The molecule has 1 aliphatic rings. The zero-order chi connectivity index (χ0) is 18.5. The van der Waals surface area contributed by atoms with E-state index in [4.69, 9.17) is 0 Å². The second-order valence-corrected chi connectivity index (χ2v) is 7.68. The van der Waals surface area contributed by atoms with E-state index < -0.39 is 5.82 Å². The van der Waals surface area contributed by atoms with Crippen molar-refractivity contribution in [3.05, 3.63) is 58.0 Å². The lowest BCUT2D eigenvalue weighted by Crippen LogP contribution is -2.52. The summed E-state index contributed by atoms with van der Waals surface area (Å²) in [5.41, 5.74) is 0.359. The Morgan fingerprint density at radius 3 is 2.62 bits per heavy atom. The number of nitrogens with zero attached hydrogens (tertiary/aromatic N) is 2. The number of hydrogen-bond donors (Lipinski definition) is 1. The van der Waals surface area contributed by atoms with E-state index in [2.05, 4.69) is 39.6 Å². The van der Waals surface area contributed by atoms with E-state index in [1.165, 1.54) is 17.0 Å². The van der Waals surface area contributed by atoms with Gasteiger partial charge in [-0.2, -0.15) is 0 Å². The van der Waals surface area contributed by atoms with Gasteiger partial charge in [-0.1, -0.05) is 19.1 Å². The number of carbonyl (C=O) groups excluding carboxylic acids is 1. The summed E-state index contributed by atoms with van der Waals surface area (Å²) in [7, 11) is 0. The molecule has 2 unspecified atom stereocenters. The van der Waals surface area contributed by atoms with Crippen LogP contribution in [0.4, 0.5) is 4.39 Å². The maximum Gasteiger partial charge on any atom is 0.251 e. The highest BCUT2D eigenvalue weighted by Crippen LogP contribution is 2.29. The Labute approximate surface area is 158 Å². The van der Waals surface area contributed by atoms with Crippen molar-refractivity contribution in [3.8, 4) is 0 Å². The quantitative estimate of drug-likeness (QED) is 0.841. The van der Waals surface area contributed by atoms with Gasteiger partial charge in [-0.05, 0) is 43.1 Å². The zero-order valence-corrected chi connectivity index (χ0v) is 16.1. The molecular weight excluding hydrogens is 349 g/mol. The van der Waals surface area contributed by atoms with E-state index in [0.717, 1.165) is 32.7 Å². The number of rotatable bonds is 6. The molecule has 2 heterocycles. The predicted molar refractivity (Wildman–Crippen MR) is 104 cm³/mol. The minimum absolute atomic E-state index is 0.0717. The molecule has 3 rings (SSSR count). The summed E-state index contributed by atoms with van der Waals surface area (Å²) in [4.78, 5) is 18.7. The number of halogens is 1. The van der Waals surface area contributed by atoms with E-state index in [0.29, 0.717) is 5.56 Å². The van der Waals surface area contributed by atoms with Gasteiger partial charge in [0.05, 0.1) is 6.04 Å². The van der Waals surface area contributed by atoms with Crippen LogP contribution in [-0.4, -0.2) is 54.5 Å². The molecule has 0 spiro atoms. The first-order valence-corrected chi connectivity index (χ1v) is 10.0. The Kier molecular flexibility index (Phi) is 6.40. The number of likely N-dealkylation sites (N-methyl/N-ethyl adjacent to an activating group) is 1. The summed E-state index contributed by atoms with van der Waals surface area (Å²) < 4.78 is 13.4. The number of piperazine rings is 1. The van der Waals surface area contributed by atoms with Crippen LogP contribution in [0.2, 0.25) is 0 Å². The molecule has 2 aromatic rings. The lowest BCUT2D eigenvalue weighted by Gasteiger charge is -2.41. The third-order valence-corrected chi connectivity index (χ3v) is 5.94. The van der Waals surface area contributed by atoms with Crippen molar-refractivity contribution in [2.75, 3.05) is 32.7 Å². The van der Waals surface area contributed by atoms with E-state index in [9.17, 15) is 9.18 Å². The molecule has 0 radical (unpaired) electrons. The summed E-state index contributed by atoms with van der Waals surface area (Å²) in [6, 6.07) is 10.1. The standard InChI is InChI=1S/C20H26FN3OS/c1-3-23-9-11-24(12-10-23)19(18-8-5-13-26-18)15(2)22-20(25)16-6-4-7-17(21)14-16/h4-8,13-15,19H,3,9-12H2,1-2H3,(H,22,25). The Bertz CT molecular complexity index is 714. The molecule has 1 aliphatic heterocycles. The fraction of sp³-hybridized carbons (Fsp3) is 0.450. The van der Waals surface area contributed by atoms with Crippen LogP contribution < -0.4 is 5.32 Å². The monoisotopic (exact) mass is 375 g/mol. The van der Waals surface area contributed by atoms with Crippen LogP contribution in [0.5, 0.6) is 0 Å². The van der Waals surface area contributed by atoms with E-state index in [1.807, 2.05) is 6.92 Å². The van der Waals surface area contributed by atoms with Crippen LogP contribution in [-0.2, 0) is 0 Å². The largest absolute Gasteiger partial charge is 0.348 e. The van der Waals surface area contributed by atoms with Gasteiger partial charge in [0.1, 0.15) is 5.82 Å². The summed E-state index contributed by atoms with van der Waals surface area (Å²) in [6.07, 6.45) is 0. The number of thiophene rings is 1. The highest BCUT2D eigenvalue weighted by atomic mass is 32.1. The first kappa shape index (κ1) is 19.0. The lowest BCUT2D eigenvalue weighted by molar-refractivity contribution is 0.0753. The summed E-state index contributed by atoms with van der Waals surface area (Å²) in [5, 5.41) is 5.16. The SMILES string of the molecule is CCN1CCN(C(c2cccs2)C(C)NC(=O)c2cccc(F)c2)CC1. The van der Waals surface area contributed by atoms with Gasteiger partial charge in [0.15, 0.2) is 0 Å². The van der Waals surface area contributed by atoms with E-state index >= 15 is 0 Å². The summed E-state index contributed by atoms with van der Waals surface area (Å²) in [6.45, 7) is 9.35. The van der Waals surface area contributed by atoms with Crippen molar-refractivity contribution in [2.45, 2.75) is 25.9 Å². The third kappa shape index (κ3) is 4.50. The summed E-state index contributed by atoms with van der Waals surface area (Å²) in [5.74, 6) is -0.624. The number of amides is 1. The van der Waals surface area contributed by atoms with Gasteiger partial charge in [-0.15, -0.1) is 11.3 Å². The topological polar surface area (TPSA) is 35.6 Å². The molecule has 140 valence electrons. The van der Waals surface area contributed by atoms with Crippen molar-refractivity contribution in [3.63, 3.8) is 0 Å². The van der Waals surface area contributed by atoms with Gasteiger partial charge in [-0.3, -0.25) is 9.69 Å². The Balaban J connectivity index is 1.73. The highest BCUT2D eigenvalue weighted by molar-refractivity contribution is 7.10. The molecule has 1 amide bonds. The van der Waals surface area contributed by atoms with Crippen LogP contribution in [0, 0.1) is 5.82 Å². The maximum atomic E-state index is 13.4. The minimum Gasteiger partial charge on any atom is -0.348 e. The molecule has 0 bridgehead atoms. The number of benzene rings is 1. The van der Waals surface area contributed by atoms with E-state index in [1.54, 1.807) is 23.5 Å². The summed E-state index contributed by atoms with van der Waals surface area (Å²) >= 11 is 1.72.